The lowest BCUT2D eigenvalue weighted by Gasteiger charge is -2.20. The average molecular weight is 189 g/mol. The van der Waals surface area contributed by atoms with E-state index in [1.54, 1.807) is 5.57 Å². The van der Waals surface area contributed by atoms with Crippen molar-refractivity contribution in [1.82, 2.24) is 0 Å². The van der Waals surface area contributed by atoms with Crippen molar-refractivity contribution < 1.29 is 0 Å². The lowest BCUT2D eigenvalue weighted by molar-refractivity contribution is 0.402. The molecule has 1 rings (SSSR count). The van der Waals surface area contributed by atoms with Crippen LogP contribution in [0.25, 0.3) is 0 Å². The van der Waals surface area contributed by atoms with E-state index >= 15 is 0 Å². The van der Waals surface area contributed by atoms with Crippen LogP contribution in [0.2, 0.25) is 0 Å². The molecule has 0 spiro atoms. The molecule has 76 valence electrons. The Bertz CT molecular complexity index is 257. The second kappa shape index (κ2) is 5.15. The van der Waals surface area contributed by atoms with E-state index in [0.29, 0.717) is 5.41 Å². The van der Waals surface area contributed by atoms with Crippen LogP contribution < -0.4 is 0 Å². The maximum absolute atomic E-state index is 3.13. The van der Waals surface area contributed by atoms with E-state index in [9.17, 15) is 0 Å². The van der Waals surface area contributed by atoms with Crippen LogP contribution in [0.15, 0.2) is 11.6 Å². The highest BCUT2D eigenvalue weighted by molar-refractivity contribution is 5.25. The summed E-state index contributed by atoms with van der Waals surface area (Å²) in [6.45, 7) is 6.61. The monoisotopic (exact) mass is 189 g/mol. The third-order valence-electron chi connectivity index (χ3n) is 2.96. The normalized spacial score (nSPS) is 15.5. The van der Waals surface area contributed by atoms with Gasteiger partial charge in [-0.05, 0) is 19.8 Å². The fraction of sp³-hybridized carbons (Fsp3) is 0.643. The Labute approximate surface area is 88.8 Å². The molecule has 0 saturated carbocycles. The topological polar surface area (TPSA) is 0 Å². The van der Waals surface area contributed by atoms with Crippen LogP contribution in [0.5, 0.6) is 0 Å². The minimum absolute atomic E-state index is 0.367. The number of rotatable bonds is 4. The standard InChI is InChI=1S/C14H21/c1-4-5-6-9-12-14(2,3)13-10-7-8-11-13/h10-11H,6-9,12H2,1-3H3/q+1. The zero-order valence-electron chi connectivity index (χ0n) is 9.69. The fourth-order valence-electron chi connectivity index (χ4n) is 2.00. The molecule has 0 heterocycles. The second-order valence-electron chi connectivity index (χ2n) is 4.61. The Morgan fingerprint density at radius 2 is 2.29 bits per heavy atom. The number of hydrogen-bond donors (Lipinski definition) is 0. The zero-order chi connectivity index (χ0) is 10.4. The Morgan fingerprint density at radius 3 is 2.86 bits per heavy atom. The number of allylic oxidation sites excluding steroid dienone is 2. The fourth-order valence-corrected chi connectivity index (χ4v) is 2.00. The number of unbranched alkanes of at least 4 members (excludes halogenated alkanes) is 1. The van der Waals surface area contributed by atoms with Gasteiger partial charge in [-0.25, -0.2) is 0 Å². The summed E-state index contributed by atoms with van der Waals surface area (Å²) in [4.78, 5) is 0. The first-order chi connectivity index (χ1) is 6.67. The van der Waals surface area contributed by atoms with Gasteiger partial charge >= 0.3 is 0 Å². The van der Waals surface area contributed by atoms with Crippen molar-refractivity contribution >= 4 is 0 Å². The van der Waals surface area contributed by atoms with E-state index in [4.69, 9.17) is 0 Å². The molecular formula is C14H21+. The molecule has 0 aromatic heterocycles. The van der Waals surface area contributed by atoms with Crippen molar-refractivity contribution in [3.8, 4) is 11.8 Å². The Morgan fingerprint density at radius 1 is 1.50 bits per heavy atom. The van der Waals surface area contributed by atoms with Crippen LogP contribution in [0, 0.1) is 23.7 Å². The summed E-state index contributed by atoms with van der Waals surface area (Å²) < 4.78 is 0. The number of hydrogen-bond acceptors (Lipinski definition) is 0. The molecule has 0 saturated heterocycles. The molecule has 0 amide bonds. The van der Waals surface area contributed by atoms with Gasteiger partial charge in [-0.3, -0.25) is 0 Å². The van der Waals surface area contributed by atoms with Crippen LogP contribution in [-0.4, -0.2) is 0 Å². The zero-order valence-corrected chi connectivity index (χ0v) is 9.69. The molecule has 0 nitrogen and oxygen atoms in total. The third-order valence-corrected chi connectivity index (χ3v) is 2.96. The van der Waals surface area contributed by atoms with Gasteiger partial charge in [0.25, 0.3) is 0 Å². The molecule has 0 heteroatoms. The van der Waals surface area contributed by atoms with Crippen LogP contribution in [-0.2, 0) is 0 Å². The van der Waals surface area contributed by atoms with E-state index in [2.05, 4.69) is 38.2 Å². The van der Waals surface area contributed by atoms with Gasteiger partial charge in [0, 0.05) is 24.3 Å². The van der Waals surface area contributed by atoms with Crippen LogP contribution in [0.1, 0.15) is 52.9 Å². The van der Waals surface area contributed by atoms with Gasteiger partial charge in [-0.2, -0.15) is 0 Å². The first-order valence-electron chi connectivity index (χ1n) is 5.60. The largest absolute Gasteiger partial charge is 0.108 e. The van der Waals surface area contributed by atoms with Gasteiger partial charge in [-0.15, -0.1) is 11.8 Å². The lowest BCUT2D eigenvalue weighted by atomic mass is 9.79. The van der Waals surface area contributed by atoms with Gasteiger partial charge < -0.3 is 0 Å². The highest BCUT2D eigenvalue weighted by Crippen LogP contribution is 2.37. The summed E-state index contributed by atoms with van der Waals surface area (Å²) in [6.07, 6.45) is 10.8. The van der Waals surface area contributed by atoms with Crippen molar-refractivity contribution in [3.05, 3.63) is 18.1 Å². The summed E-state index contributed by atoms with van der Waals surface area (Å²) in [5.74, 6) is 6.08. The van der Waals surface area contributed by atoms with Crippen LogP contribution in [0.3, 0.4) is 0 Å². The smallest absolute Gasteiger partial charge is 0.107 e. The van der Waals surface area contributed by atoms with E-state index in [1.807, 2.05) is 6.92 Å². The Balaban J connectivity index is 2.35. The van der Waals surface area contributed by atoms with E-state index in [1.165, 1.54) is 25.7 Å². The highest BCUT2D eigenvalue weighted by Gasteiger charge is 2.30. The second-order valence-corrected chi connectivity index (χ2v) is 4.61. The lowest BCUT2D eigenvalue weighted by Crippen LogP contribution is -2.13. The molecule has 14 heavy (non-hydrogen) atoms. The summed E-state index contributed by atoms with van der Waals surface area (Å²) in [5.41, 5.74) is 1.92. The molecule has 0 aromatic rings. The minimum atomic E-state index is 0.367. The van der Waals surface area contributed by atoms with Gasteiger partial charge in [0.15, 0.2) is 0 Å². The van der Waals surface area contributed by atoms with E-state index < -0.39 is 0 Å². The van der Waals surface area contributed by atoms with Crippen molar-refractivity contribution in [3.63, 3.8) is 0 Å². The van der Waals surface area contributed by atoms with E-state index in [-0.39, 0.29) is 0 Å². The SMILES string of the molecule is CC#CCCCC(C)(C)C1=CCC[CH+]1. The van der Waals surface area contributed by atoms with Crippen LogP contribution >= 0.6 is 0 Å². The quantitative estimate of drug-likeness (QED) is 0.354. The molecule has 1 aliphatic rings. The molecule has 0 atom stereocenters. The summed E-state index contributed by atoms with van der Waals surface area (Å²) in [6, 6.07) is 0. The first kappa shape index (κ1) is 11.2. The average Bonchev–Trinajstić information content (AvgIpc) is 2.65. The molecule has 1 aliphatic carbocycles. The molecule has 0 radical (unpaired) electrons. The maximum Gasteiger partial charge on any atom is 0.108 e. The molecule has 0 bridgehead atoms. The minimum Gasteiger partial charge on any atom is -0.107 e. The molecule has 0 N–H and O–H groups in total. The van der Waals surface area contributed by atoms with Crippen molar-refractivity contribution in [1.29, 1.82) is 0 Å². The van der Waals surface area contributed by atoms with Gasteiger partial charge in [0.1, 0.15) is 5.57 Å². The van der Waals surface area contributed by atoms with Crippen LogP contribution in [0.4, 0.5) is 0 Å². The predicted octanol–water partition coefficient (Wildman–Crippen LogP) is 4.13. The summed E-state index contributed by atoms with van der Waals surface area (Å²) in [5, 5.41) is 0. The molecule has 0 aromatic carbocycles. The predicted molar refractivity (Wildman–Crippen MR) is 62.7 cm³/mol. The highest BCUT2D eigenvalue weighted by atomic mass is 14.3. The molecule has 0 aliphatic heterocycles. The van der Waals surface area contributed by atoms with Crippen molar-refractivity contribution in [2.24, 2.45) is 5.41 Å². The summed E-state index contributed by atoms with van der Waals surface area (Å²) in [7, 11) is 0. The van der Waals surface area contributed by atoms with Gasteiger partial charge in [-0.1, -0.05) is 13.8 Å². The van der Waals surface area contributed by atoms with Gasteiger partial charge in [0.2, 0.25) is 0 Å². The van der Waals surface area contributed by atoms with Crippen molar-refractivity contribution in [2.45, 2.75) is 52.9 Å². The molecular weight excluding hydrogens is 168 g/mol. The van der Waals surface area contributed by atoms with Crippen molar-refractivity contribution in [2.75, 3.05) is 0 Å². The summed E-state index contributed by atoms with van der Waals surface area (Å²) >= 11 is 0. The van der Waals surface area contributed by atoms with E-state index in [0.717, 1.165) is 6.42 Å². The Hall–Kier alpha value is -0.830. The first-order valence-corrected chi connectivity index (χ1v) is 5.60. The third kappa shape index (κ3) is 3.14. The Kier molecular flexibility index (Phi) is 4.14. The maximum atomic E-state index is 3.13. The molecule has 0 unspecified atom stereocenters. The molecule has 0 fully saturated rings. The van der Waals surface area contributed by atoms with Gasteiger partial charge in [0.05, 0.1) is 12.8 Å².